The Morgan fingerprint density at radius 2 is 2.18 bits per heavy atom. The van der Waals surface area contributed by atoms with Gasteiger partial charge in [-0.3, -0.25) is 4.79 Å². The Morgan fingerprint density at radius 3 is 2.88 bits per heavy atom. The molecule has 17 heavy (non-hydrogen) atoms. The van der Waals surface area contributed by atoms with Crippen LogP contribution >= 0.6 is 0 Å². The summed E-state index contributed by atoms with van der Waals surface area (Å²) in [5.74, 6) is 0.101. The minimum absolute atomic E-state index is 0.193. The molecule has 1 aliphatic rings. The number of H-pyrrole nitrogens is 1. The van der Waals surface area contributed by atoms with Crippen molar-refractivity contribution in [3.63, 3.8) is 0 Å². The third-order valence-corrected chi connectivity index (χ3v) is 2.99. The van der Waals surface area contributed by atoms with Crippen molar-refractivity contribution in [3.05, 3.63) is 35.5 Å². The van der Waals surface area contributed by atoms with Crippen molar-refractivity contribution < 1.29 is 4.79 Å². The summed E-state index contributed by atoms with van der Waals surface area (Å²) in [5.41, 5.74) is 8.14. The standard InChI is InChI=1S/C12H12N4O/c13-12(17)11-10(14-16-15-11)9-3-1-2-8(6-9)7-4-5-7/h1-3,6-7H,4-5H2,(H2,13,17)(H,14,15,16). The van der Waals surface area contributed by atoms with Crippen LogP contribution in [0.2, 0.25) is 0 Å². The molecule has 5 heteroatoms. The van der Waals surface area contributed by atoms with Crippen LogP contribution < -0.4 is 5.73 Å². The normalized spacial score (nSPS) is 14.8. The highest BCUT2D eigenvalue weighted by Crippen LogP contribution is 2.41. The molecule has 3 rings (SSSR count). The van der Waals surface area contributed by atoms with Crippen molar-refractivity contribution >= 4 is 5.91 Å². The third-order valence-electron chi connectivity index (χ3n) is 2.99. The first-order valence-electron chi connectivity index (χ1n) is 5.56. The zero-order chi connectivity index (χ0) is 11.8. The fourth-order valence-electron chi connectivity index (χ4n) is 1.96. The van der Waals surface area contributed by atoms with E-state index in [-0.39, 0.29) is 5.69 Å². The van der Waals surface area contributed by atoms with E-state index in [1.54, 1.807) is 0 Å². The highest BCUT2D eigenvalue weighted by atomic mass is 16.1. The molecule has 2 aromatic rings. The van der Waals surface area contributed by atoms with Crippen molar-refractivity contribution in [2.24, 2.45) is 5.73 Å². The molecule has 0 bridgehead atoms. The van der Waals surface area contributed by atoms with Crippen LogP contribution in [0.25, 0.3) is 11.3 Å². The predicted molar refractivity (Wildman–Crippen MR) is 62.3 cm³/mol. The first-order chi connectivity index (χ1) is 8.25. The third kappa shape index (κ3) is 1.80. The smallest absolute Gasteiger partial charge is 0.271 e. The molecule has 86 valence electrons. The highest BCUT2D eigenvalue weighted by molar-refractivity contribution is 5.96. The summed E-state index contributed by atoms with van der Waals surface area (Å²) >= 11 is 0. The fraction of sp³-hybridized carbons (Fsp3) is 0.250. The quantitative estimate of drug-likeness (QED) is 0.833. The zero-order valence-corrected chi connectivity index (χ0v) is 9.18. The van der Waals surface area contributed by atoms with Crippen LogP contribution in [0.4, 0.5) is 0 Å². The van der Waals surface area contributed by atoms with Crippen molar-refractivity contribution in [3.8, 4) is 11.3 Å². The lowest BCUT2D eigenvalue weighted by Gasteiger charge is -2.02. The monoisotopic (exact) mass is 228 g/mol. The van der Waals surface area contributed by atoms with E-state index in [4.69, 9.17) is 5.73 Å². The molecule has 0 atom stereocenters. The van der Waals surface area contributed by atoms with Crippen LogP contribution in [0.5, 0.6) is 0 Å². The Morgan fingerprint density at radius 1 is 1.35 bits per heavy atom. The first kappa shape index (κ1) is 10.0. The number of rotatable bonds is 3. The Kier molecular flexibility index (Phi) is 2.18. The van der Waals surface area contributed by atoms with Gasteiger partial charge in [0.1, 0.15) is 5.69 Å². The van der Waals surface area contributed by atoms with E-state index in [1.807, 2.05) is 12.1 Å². The van der Waals surface area contributed by atoms with Gasteiger partial charge in [0.25, 0.3) is 5.91 Å². The second-order valence-electron chi connectivity index (χ2n) is 4.28. The van der Waals surface area contributed by atoms with E-state index in [0.29, 0.717) is 11.6 Å². The lowest BCUT2D eigenvalue weighted by atomic mass is 10.0. The molecule has 1 aromatic carbocycles. The minimum Gasteiger partial charge on any atom is -0.364 e. The van der Waals surface area contributed by atoms with Crippen LogP contribution in [-0.4, -0.2) is 21.3 Å². The van der Waals surface area contributed by atoms with E-state index < -0.39 is 5.91 Å². The summed E-state index contributed by atoms with van der Waals surface area (Å²) in [5, 5.41) is 10.2. The Hall–Kier alpha value is -2.17. The van der Waals surface area contributed by atoms with E-state index in [9.17, 15) is 4.79 Å². The number of carbonyl (C=O) groups excluding carboxylic acids is 1. The molecular weight excluding hydrogens is 216 g/mol. The molecule has 1 amide bonds. The maximum Gasteiger partial charge on any atom is 0.271 e. The number of primary amides is 1. The van der Waals surface area contributed by atoms with Gasteiger partial charge in [0.05, 0.1) is 0 Å². The summed E-state index contributed by atoms with van der Waals surface area (Å²) in [4.78, 5) is 11.2. The summed E-state index contributed by atoms with van der Waals surface area (Å²) in [7, 11) is 0. The first-order valence-corrected chi connectivity index (χ1v) is 5.56. The lowest BCUT2D eigenvalue weighted by Crippen LogP contribution is -2.12. The van der Waals surface area contributed by atoms with Gasteiger partial charge >= 0.3 is 0 Å². The average Bonchev–Trinajstić information content (AvgIpc) is 3.06. The molecule has 1 saturated carbocycles. The second-order valence-corrected chi connectivity index (χ2v) is 4.28. The SMILES string of the molecule is NC(=O)c1n[nH]nc1-c1cccc(C2CC2)c1. The van der Waals surface area contributed by atoms with Crippen molar-refractivity contribution in [1.82, 2.24) is 15.4 Å². The number of aromatic nitrogens is 3. The molecule has 1 heterocycles. The molecule has 1 aromatic heterocycles. The fourth-order valence-corrected chi connectivity index (χ4v) is 1.96. The van der Waals surface area contributed by atoms with E-state index in [1.165, 1.54) is 18.4 Å². The Labute approximate surface area is 98.0 Å². The molecular formula is C12H12N4O. The number of nitrogens with one attached hydrogen (secondary N) is 1. The number of amides is 1. The zero-order valence-electron chi connectivity index (χ0n) is 9.18. The van der Waals surface area contributed by atoms with Crippen LogP contribution in [-0.2, 0) is 0 Å². The van der Waals surface area contributed by atoms with Gasteiger partial charge in [0, 0.05) is 5.56 Å². The van der Waals surface area contributed by atoms with Gasteiger partial charge in [0.2, 0.25) is 0 Å². The molecule has 0 spiro atoms. The van der Waals surface area contributed by atoms with E-state index in [0.717, 1.165) is 5.56 Å². The second kappa shape index (κ2) is 3.69. The molecule has 0 saturated heterocycles. The van der Waals surface area contributed by atoms with Gasteiger partial charge in [0.15, 0.2) is 5.69 Å². The number of hydrogen-bond acceptors (Lipinski definition) is 3. The maximum atomic E-state index is 11.2. The van der Waals surface area contributed by atoms with Gasteiger partial charge in [-0.1, -0.05) is 18.2 Å². The number of nitrogens with two attached hydrogens (primary N) is 1. The Balaban J connectivity index is 2.05. The van der Waals surface area contributed by atoms with Crippen molar-refractivity contribution in [1.29, 1.82) is 0 Å². The summed E-state index contributed by atoms with van der Waals surface area (Å²) in [6.45, 7) is 0. The molecule has 0 aliphatic heterocycles. The van der Waals surface area contributed by atoms with E-state index in [2.05, 4.69) is 27.5 Å². The van der Waals surface area contributed by atoms with Gasteiger partial charge in [-0.2, -0.15) is 15.4 Å². The van der Waals surface area contributed by atoms with Crippen molar-refractivity contribution in [2.45, 2.75) is 18.8 Å². The Bertz CT molecular complexity index is 571. The van der Waals surface area contributed by atoms with Crippen LogP contribution in [0.1, 0.15) is 34.8 Å². The minimum atomic E-state index is -0.564. The van der Waals surface area contributed by atoms with Gasteiger partial charge in [-0.25, -0.2) is 0 Å². The van der Waals surface area contributed by atoms with Gasteiger partial charge in [-0.05, 0) is 30.4 Å². The number of hydrogen-bond donors (Lipinski definition) is 2. The summed E-state index contributed by atoms with van der Waals surface area (Å²) in [6, 6.07) is 8.05. The molecule has 0 radical (unpaired) electrons. The predicted octanol–water partition coefficient (Wildman–Crippen LogP) is 1.45. The summed E-state index contributed by atoms with van der Waals surface area (Å²) < 4.78 is 0. The highest BCUT2D eigenvalue weighted by Gasteiger charge is 2.24. The maximum absolute atomic E-state index is 11.2. The lowest BCUT2D eigenvalue weighted by molar-refractivity contribution is 0.0996. The topological polar surface area (TPSA) is 84.7 Å². The molecule has 0 unspecified atom stereocenters. The summed E-state index contributed by atoms with van der Waals surface area (Å²) in [6.07, 6.45) is 2.48. The van der Waals surface area contributed by atoms with E-state index >= 15 is 0 Å². The number of benzene rings is 1. The van der Waals surface area contributed by atoms with Gasteiger partial charge in [-0.15, -0.1) is 0 Å². The van der Waals surface area contributed by atoms with Crippen LogP contribution in [0.15, 0.2) is 24.3 Å². The average molecular weight is 228 g/mol. The molecule has 1 aliphatic carbocycles. The van der Waals surface area contributed by atoms with Gasteiger partial charge < -0.3 is 5.73 Å². The van der Waals surface area contributed by atoms with Crippen LogP contribution in [0.3, 0.4) is 0 Å². The largest absolute Gasteiger partial charge is 0.364 e. The molecule has 3 N–H and O–H groups in total. The molecule has 5 nitrogen and oxygen atoms in total. The van der Waals surface area contributed by atoms with Crippen molar-refractivity contribution in [2.75, 3.05) is 0 Å². The number of aromatic amines is 1. The molecule has 1 fully saturated rings. The number of carbonyl (C=O) groups is 1. The van der Waals surface area contributed by atoms with Crippen LogP contribution in [0, 0.1) is 0 Å². The number of nitrogens with zero attached hydrogens (tertiary/aromatic N) is 2.